The van der Waals surface area contributed by atoms with Gasteiger partial charge in [-0.2, -0.15) is 0 Å². The Kier molecular flexibility index (Phi) is 5.45. The molecule has 1 heterocycles. The molecule has 2 rings (SSSR count). The van der Waals surface area contributed by atoms with Gasteiger partial charge in [0.25, 0.3) is 0 Å². The summed E-state index contributed by atoms with van der Waals surface area (Å²) >= 11 is 0. The minimum absolute atomic E-state index is 0.0858. The van der Waals surface area contributed by atoms with Crippen LogP contribution in [0.1, 0.15) is 39.0 Å². The van der Waals surface area contributed by atoms with Crippen molar-refractivity contribution in [1.29, 1.82) is 0 Å². The van der Waals surface area contributed by atoms with Gasteiger partial charge in [-0.1, -0.05) is 19.8 Å². The van der Waals surface area contributed by atoms with Crippen molar-refractivity contribution in [1.82, 2.24) is 15.1 Å². The third kappa shape index (κ3) is 4.33. The largest absolute Gasteiger partial charge is 0.480 e. The van der Waals surface area contributed by atoms with Crippen molar-refractivity contribution >= 4 is 12.0 Å². The molecule has 0 bridgehead atoms. The minimum Gasteiger partial charge on any atom is -0.480 e. The van der Waals surface area contributed by atoms with Crippen LogP contribution in [0, 0.1) is 5.92 Å². The molecule has 0 aromatic carbocycles. The zero-order valence-corrected chi connectivity index (χ0v) is 13.0. The summed E-state index contributed by atoms with van der Waals surface area (Å²) in [6.07, 6.45) is 4.93. The van der Waals surface area contributed by atoms with Crippen LogP contribution in [0.3, 0.4) is 0 Å². The standard InChI is InChI=1S/C15H27N3O3/c1-11-9-17(2)8-7-13(11)16-15(21)18(10-14(19)20)12-5-3-4-6-12/h11-13H,3-10H2,1-2H3,(H,16,21)(H,19,20). The molecule has 21 heavy (non-hydrogen) atoms. The lowest BCUT2D eigenvalue weighted by atomic mass is 9.94. The third-order valence-electron chi connectivity index (χ3n) is 4.75. The molecule has 0 radical (unpaired) electrons. The number of hydrogen-bond acceptors (Lipinski definition) is 3. The molecule has 2 aliphatic rings. The number of urea groups is 1. The first-order valence-electron chi connectivity index (χ1n) is 7.95. The molecule has 1 saturated heterocycles. The van der Waals surface area contributed by atoms with Crippen LogP contribution in [-0.4, -0.2) is 65.7 Å². The average Bonchev–Trinajstić information content (AvgIpc) is 2.92. The number of carbonyl (C=O) groups is 2. The van der Waals surface area contributed by atoms with E-state index >= 15 is 0 Å². The Morgan fingerprint density at radius 1 is 1.29 bits per heavy atom. The van der Waals surface area contributed by atoms with Crippen LogP contribution in [0.15, 0.2) is 0 Å². The molecule has 120 valence electrons. The van der Waals surface area contributed by atoms with E-state index < -0.39 is 5.97 Å². The van der Waals surface area contributed by atoms with Crippen molar-refractivity contribution in [3.63, 3.8) is 0 Å². The summed E-state index contributed by atoms with van der Waals surface area (Å²) in [5.41, 5.74) is 0. The first-order chi connectivity index (χ1) is 9.97. The van der Waals surface area contributed by atoms with Gasteiger partial charge in [-0.05, 0) is 38.8 Å². The van der Waals surface area contributed by atoms with E-state index in [4.69, 9.17) is 5.11 Å². The van der Waals surface area contributed by atoms with Gasteiger partial charge >= 0.3 is 12.0 Å². The Morgan fingerprint density at radius 3 is 2.52 bits per heavy atom. The summed E-state index contributed by atoms with van der Waals surface area (Å²) in [4.78, 5) is 27.3. The zero-order valence-electron chi connectivity index (χ0n) is 13.0. The number of carbonyl (C=O) groups excluding carboxylic acids is 1. The van der Waals surface area contributed by atoms with Crippen LogP contribution in [0.5, 0.6) is 0 Å². The molecule has 2 fully saturated rings. The fourth-order valence-electron chi connectivity index (χ4n) is 3.54. The summed E-state index contributed by atoms with van der Waals surface area (Å²) in [5, 5.41) is 12.1. The molecule has 1 aliphatic carbocycles. The van der Waals surface area contributed by atoms with E-state index in [9.17, 15) is 9.59 Å². The van der Waals surface area contributed by atoms with E-state index in [1.807, 2.05) is 0 Å². The number of likely N-dealkylation sites (tertiary alicyclic amines) is 1. The quantitative estimate of drug-likeness (QED) is 0.822. The molecule has 0 spiro atoms. The summed E-state index contributed by atoms with van der Waals surface area (Å²) < 4.78 is 0. The molecule has 2 atom stereocenters. The highest BCUT2D eigenvalue weighted by molar-refractivity contribution is 5.80. The Bertz CT molecular complexity index is 382. The number of nitrogens with zero attached hydrogens (tertiary/aromatic N) is 2. The van der Waals surface area contributed by atoms with Gasteiger partial charge in [-0.25, -0.2) is 4.79 Å². The summed E-state index contributed by atoms with van der Waals surface area (Å²) in [7, 11) is 2.09. The SMILES string of the molecule is CC1CN(C)CCC1NC(=O)N(CC(=O)O)C1CCCC1. The second-order valence-corrected chi connectivity index (χ2v) is 6.54. The highest BCUT2D eigenvalue weighted by atomic mass is 16.4. The minimum atomic E-state index is -0.937. The van der Waals surface area contributed by atoms with Gasteiger partial charge in [0.1, 0.15) is 6.54 Å². The van der Waals surface area contributed by atoms with Crippen molar-refractivity contribution in [2.45, 2.75) is 51.1 Å². The smallest absolute Gasteiger partial charge is 0.323 e. The molecular formula is C15H27N3O3. The number of carboxylic acids is 1. The Labute approximate surface area is 126 Å². The Hall–Kier alpha value is -1.30. The lowest BCUT2D eigenvalue weighted by Crippen LogP contribution is -2.55. The van der Waals surface area contributed by atoms with E-state index in [1.54, 1.807) is 0 Å². The highest BCUT2D eigenvalue weighted by Gasteiger charge is 2.32. The van der Waals surface area contributed by atoms with Crippen molar-refractivity contribution in [2.75, 3.05) is 26.7 Å². The van der Waals surface area contributed by atoms with Crippen LogP contribution in [-0.2, 0) is 4.79 Å². The molecule has 6 heteroatoms. The van der Waals surface area contributed by atoms with Crippen molar-refractivity contribution < 1.29 is 14.7 Å². The number of piperidine rings is 1. The number of aliphatic carboxylic acids is 1. The number of carboxylic acid groups (broad SMARTS) is 1. The Balaban J connectivity index is 1.95. The van der Waals surface area contributed by atoms with Crippen LogP contribution >= 0.6 is 0 Å². The second-order valence-electron chi connectivity index (χ2n) is 6.54. The van der Waals surface area contributed by atoms with Gasteiger partial charge in [-0.15, -0.1) is 0 Å². The molecule has 0 aromatic heterocycles. The Morgan fingerprint density at radius 2 is 1.95 bits per heavy atom. The maximum Gasteiger partial charge on any atom is 0.323 e. The first kappa shape index (κ1) is 16.1. The van der Waals surface area contributed by atoms with Crippen molar-refractivity contribution in [2.24, 2.45) is 5.92 Å². The first-order valence-corrected chi connectivity index (χ1v) is 7.95. The van der Waals surface area contributed by atoms with Crippen molar-refractivity contribution in [3.05, 3.63) is 0 Å². The van der Waals surface area contributed by atoms with E-state index in [-0.39, 0.29) is 24.7 Å². The molecule has 1 aliphatic heterocycles. The number of hydrogen-bond donors (Lipinski definition) is 2. The van der Waals surface area contributed by atoms with Gasteiger partial charge in [0.05, 0.1) is 0 Å². The fourth-order valence-corrected chi connectivity index (χ4v) is 3.54. The normalized spacial score (nSPS) is 27.5. The topological polar surface area (TPSA) is 72.9 Å². The number of nitrogens with one attached hydrogen (secondary N) is 1. The molecule has 6 nitrogen and oxygen atoms in total. The molecule has 2 amide bonds. The van der Waals surface area contributed by atoms with Gasteiger partial charge in [0.15, 0.2) is 0 Å². The second kappa shape index (κ2) is 7.11. The molecular weight excluding hydrogens is 270 g/mol. The van der Waals surface area contributed by atoms with E-state index in [2.05, 4.69) is 24.2 Å². The molecule has 0 aromatic rings. The monoisotopic (exact) mass is 297 g/mol. The van der Waals surface area contributed by atoms with E-state index in [1.165, 1.54) is 4.90 Å². The molecule has 2 N–H and O–H groups in total. The average molecular weight is 297 g/mol. The predicted molar refractivity (Wildman–Crippen MR) is 80.2 cm³/mol. The maximum absolute atomic E-state index is 12.5. The van der Waals surface area contributed by atoms with Gasteiger partial charge in [0, 0.05) is 18.6 Å². The molecule has 1 saturated carbocycles. The fraction of sp³-hybridized carbons (Fsp3) is 0.867. The lowest BCUT2D eigenvalue weighted by molar-refractivity contribution is -0.138. The van der Waals surface area contributed by atoms with E-state index in [0.29, 0.717) is 5.92 Å². The lowest BCUT2D eigenvalue weighted by Gasteiger charge is -2.37. The van der Waals surface area contributed by atoms with Crippen LogP contribution in [0.2, 0.25) is 0 Å². The summed E-state index contributed by atoms with van der Waals surface area (Å²) in [5.74, 6) is -0.545. The summed E-state index contributed by atoms with van der Waals surface area (Å²) in [6, 6.07) is 0.0276. The highest BCUT2D eigenvalue weighted by Crippen LogP contribution is 2.24. The number of amides is 2. The van der Waals surface area contributed by atoms with E-state index in [0.717, 1.165) is 45.2 Å². The maximum atomic E-state index is 12.5. The third-order valence-corrected chi connectivity index (χ3v) is 4.75. The van der Waals surface area contributed by atoms with Gasteiger partial charge in [-0.3, -0.25) is 4.79 Å². The van der Waals surface area contributed by atoms with Crippen molar-refractivity contribution in [3.8, 4) is 0 Å². The van der Waals surface area contributed by atoms with Gasteiger partial charge in [0.2, 0.25) is 0 Å². The van der Waals surface area contributed by atoms with Crippen LogP contribution < -0.4 is 5.32 Å². The number of rotatable bonds is 4. The zero-order chi connectivity index (χ0) is 15.4. The van der Waals surface area contributed by atoms with Crippen LogP contribution in [0.4, 0.5) is 4.79 Å². The van der Waals surface area contributed by atoms with Crippen LogP contribution in [0.25, 0.3) is 0 Å². The molecule has 2 unspecified atom stereocenters. The summed E-state index contributed by atoms with van der Waals surface area (Å²) in [6.45, 7) is 3.88. The van der Waals surface area contributed by atoms with Gasteiger partial charge < -0.3 is 20.2 Å². The predicted octanol–water partition coefficient (Wildman–Crippen LogP) is 1.37.